The zero-order chi connectivity index (χ0) is 12.0. The third-order valence-corrected chi connectivity index (χ3v) is 1.75. The smallest absolute Gasteiger partial charge is 0.312 e. The predicted octanol–water partition coefficient (Wildman–Crippen LogP) is 1.91. The highest BCUT2D eigenvalue weighted by molar-refractivity contribution is 5.72. The molecule has 0 spiro atoms. The van der Waals surface area contributed by atoms with E-state index >= 15 is 0 Å². The molecule has 16 heavy (non-hydrogen) atoms. The summed E-state index contributed by atoms with van der Waals surface area (Å²) in [5.74, 6) is 2.14. The molecule has 0 unspecified atom stereocenters. The molecule has 0 aliphatic heterocycles. The molecule has 1 aromatic carbocycles. The van der Waals surface area contributed by atoms with Gasteiger partial charge in [0.15, 0.2) is 0 Å². The van der Waals surface area contributed by atoms with Gasteiger partial charge >= 0.3 is 5.97 Å². The Morgan fingerprint density at radius 2 is 2.06 bits per heavy atom. The molecule has 0 heterocycles. The molecule has 5 nitrogen and oxygen atoms in total. The summed E-state index contributed by atoms with van der Waals surface area (Å²) in [6.07, 6.45) is 5.43. The van der Waals surface area contributed by atoms with Gasteiger partial charge in [0.05, 0.1) is 11.3 Å². The van der Waals surface area contributed by atoms with Gasteiger partial charge in [-0.15, -0.1) is 12.3 Å². The van der Waals surface area contributed by atoms with Crippen molar-refractivity contribution in [3.8, 4) is 18.1 Å². The lowest BCUT2D eigenvalue weighted by atomic mass is 10.3. The quantitative estimate of drug-likeness (QED) is 0.255. The predicted molar refractivity (Wildman–Crippen MR) is 56.8 cm³/mol. The third-order valence-electron chi connectivity index (χ3n) is 1.75. The van der Waals surface area contributed by atoms with Crippen molar-refractivity contribution in [3.05, 3.63) is 34.4 Å². The van der Waals surface area contributed by atoms with Crippen LogP contribution < -0.4 is 4.74 Å². The van der Waals surface area contributed by atoms with E-state index in [2.05, 4.69) is 5.92 Å². The van der Waals surface area contributed by atoms with Crippen molar-refractivity contribution >= 4 is 11.7 Å². The van der Waals surface area contributed by atoms with Crippen LogP contribution in [0.2, 0.25) is 0 Å². The molecule has 0 amide bonds. The van der Waals surface area contributed by atoms with Gasteiger partial charge in [0.1, 0.15) is 5.75 Å². The number of esters is 1. The SMILES string of the molecule is C#CCCC(=O)Oc1ccc([N+](=O)[O-])cc1. The zero-order valence-electron chi connectivity index (χ0n) is 8.38. The molecule has 5 heteroatoms. The number of nitro groups is 1. The lowest BCUT2D eigenvalue weighted by Gasteiger charge is -2.01. The minimum Gasteiger partial charge on any atom is -0.426 e. The minimum atomic E-state index is -0.524. The Morgan fingerprint density at radius 1 is 1.44 bits per heavy atom. The summed E-state index contributed by atoms with van der Waals surface area (Å²) in [7, 11) is 0. The number of terminal acetylenes is 1. The van der Waals surface area contributed by atoms with Gasteiger partial charge in [-0.3, -0.25) is 14.9 Å². The molecule has 0 fully saturated rings. The summed E-state index contributed by atoms with van der Waals surface area (Å²) < 4.78 is 4.89. The number of hydrogen-bond donors (Lipinski definition) is 0. The summed E-state index contributed by atoms with van der Waals surface area (Å²) in [6.45, 7) is 0. The number of hydrogen-bond acceptors (Lipinski definition) is 4. The summed E-state index contributed by atoms with van der Waals surface area (Å²) in [6, 6.07) is 5.27. The highest BCUT2D eigenvalue weighted by Crippen LogP contribution is 2.17. The highest BCUT2D eigenvalue weighted by Gasteiger charge is 2.07. The number of rotatable bonds is 4. The van der Waals surface area contributed by atoms with Crippen molar-refractivity contribution in [2.75, 3.05) is 0 Å². The average Bonchev–Trinajstić information content (AvgIpc) is 2.27. The van der Waals surface area contributed by atoms with Crippen molar-refractivity contribution in [1.82, 2.24) is 0 Å². The molecule has 1 aromatic rings. The van der Waals surface area contributed by atoms with Crippen LogP contribution in [0.1, 0.15) is 12.8 Å². The van der Waals surface area contributed by atoms with E-state index in [0.29, 0.717) is 6.42 Å². The number of carbonyl (C=O) groups excluding carboxylic acids is 1. The second-order valence-corrected chi connectivity index (χ2v) is 2.93. The van der Waals surface area contributed by atoms with Gasteiger partial charge in [-0.25, -0.2) is 0 Å². The average molecular weight is 219 g/mol. The minimum absolute atomic E-state index is 0.0524. The summed E-state index contributed by atoms with van der Waals surface area (Å²) >= 11 is 0. The van der Waals surface area contributed by atoms with Crippen LogP contribution in [0.5, 0.6) is 5.75 Å². The normalized spacial score (nSPS) is 9.19. The molecule has 0 atom stereocenters. The van der Waals surface area contributed by atoms with Crippen molar-refractivity contribution in [2.24, 2.45) is 0 Å². The van der Waals surface area contributed by atoms with Gasteiger partial charge in [0.2, 0.25) is 0 Å². The second-order valence-electron chi connectivity index (χ2n) is 2.93. The van der Waals surface area contributed by atoms with Gasteiger partial charge in [0, 0.05) is 18.6 Å². The molecule has 0 saturated heterocycles. The highest BCUT2D eigenvalue weighted by atomic mass is 16.6. The van der Waals surface area contributed by atoms with Crippen LogP contribution in [-0.2, 0) is 4.79 Å². The maximum Gasteiger partial charge on any atom is 0.312 e. The van der Waals surface area contributed by atoms with E-state index in [4.69, 9.17) is 11.2 Å². The van der Waals surface area contributed by atoms with Crippen LogP contribution in [0.3, 0.4) is 0 Å². The largest absolute Gasteiger partial charge is 0.426 e. The first-order valence-corrected chi connectivity index (χ1v) is 4.52. The lowest BCUT2D eigenvalue weighted by molar-refractivity contribution is -0.384. The van der Waals surface area contributed by atoms with Crippen LogP contribution in [0, 0.1) is 22.5 Å². The second kappa shape index (κ2) is 5.51. The van der Waals surface area contributed by atoms with Gasteiger partial charge in [-0.05, 0) is 12.1 Å². The monoisotopic (exact) mass is 219 g/mol. The van der Waals surface area contributed by atoms with Crippen molar-refractivity contribution in [3.63, 3.8) is 0 Å². The third kappa shape index (κ3) is 3.42. The number of benzene rings is 1. The Bertz CT molecular complexity index is 430. The molecule has 82 valence electrons. The number of nitro benzene ring substituents is 1. The number of ether oxygens (including phenoxy) is 1. The Labute approximate surface area is 92.2 Å². The van der Waals surface area contributed by atoms with E-state index in [-0.39, 0.29) is 17.9 Å². The van der Waals surface area contributed by atoms with Crippen molar-refractivity contribution in [1.29, 1.82) is 0 Å². The molecular formula is C11H9NO4. The standard InChI is InChI=1S/C11H9NO4/c1-2-3-4-11(13)16-10-7-5-9(6-8-10)12(14)15/h1,5-8H,3-4H2. The van der Waals surface area contributed by atoms with Crippen LogP contribution in [0.4, 0.5) is 5.69 Å². The van der Waals surface area contributed by atoms with Crippen molar-refractivity contribution in [2.45, 2.75) is 12.8 Å². The zero-order valence-corrected chi connectivity index (χ0v) is 8.38. The first-order valence-electron chi connectivity index (χ1n) is 4.52. The van der Waals surface area contributed by atoms with Gasteiger partial charge in [-0.2, -0.15) is 0 Å². The van der Waals surface area contributed by atoms with E-state index in [1.165, 1.54) is 24.3 Å². The molecule has 0 aliphatic rings. The van der Waals surface area contributed by atoms with Crippen LogP contribution in [0.25, 0.3) is 0 Å². The molecule has 1 rings (SSSR count). The molecule has 0 aromatic heterocycles. The van der Waals surface area contributed by atoms with Crippen LogP contribution >= 0.6 is 0 Å². The Kier molecular flexibility index (Phi) is 4.04. The Morgan fingerprint density at radius 3 is 2.56 bits per heavy atom. The first-order chi connectivity index (χ1) is 7.63. The van der Waals surface area contributed by atoms with E-state index in [1.807, 2.05) is 0 Å². The van der Waals surface area contributed by atoms with Gasteiger partial charge < -0.3 is 4.74 Å². The Hall–Kier alpha value is -2.35. The Balaban J connectivity index is 2.59. The summed E-state index contributed by atoms with van der Waals surface area (Å²) in [4.78, 5) is 21.0. The van der Waals surface area contributed by atoms with Crippen LogP contribution in [-0.4, -0.2) is 10.9 Å². The number of carbonyl (C=O) groups is 1. The summed E-state index contributed by atoms with van der Waals surface area (Å²) in [5, 5.41) is 10.4. The molecule has 0 aliphatic carbocycles. The first kappa shape index (κ1) is 11.7. The fourth-order valence-corrected chi connectivity index (χ4v) is 0.993. The number of non-ortho nitro benzene ring substituents is 1. The molecule has 0 radical (unpaired) electrons. The maximum absolute atomic E-state index is 11.1. The maximum atomic E-state index is 11.1. The summed E-state index contributed by atoms with van der Waals surface area (Å²) in [5.41, 5.74) is -0.0524. The lowest BCUT2D eigenvalue weighted by Crippen LogP contribution is -2.06. The molecule has 0 N–H and O–H groups in total. The van der Waals surface area contributed by atoms with E-state index in [0.717, 1.165) is 0 Å². The van der Waals surface area contributed by atoms with Crippen LogP contribution in [0.15, 0.2) is 24.3 Å². The fourth-order valence-electron chi connectivity index (χ4n) is 0.993. The molecular weight excluding hydrogens is 210 g/mol. The van der Waals surface area contributed by atoms with Crippen molar-refractivity contribution < 1.29 is 14.5 Å². The number of nitrogens with zero attached hydrogens (tertiary/aromatic N) is 1. The van der Waals surface area contributed by atoms with Gasteiger partial charge in [0.25, 0.3) is 5.69 Å². The van der Waals surface area contributed by atoms with Gasteiger partial charge in [-0.1, -0.05) is 0 Å². The van der Waals surface area contributed by atoms with E-state index in [9.17, 15) is 14.9 Å². The molecule has 0 saturated carbocycles. The van der Waals surface area contributed by atoms with E-state index < -0.39 is 10.9 Å². The molecule has 0 bridgehead atoms. The fraction of sp³-hybridized carbons (Fsp3) is 0.182. The van der Waals surface area contributed by atoms with E-state index in [1.54, 1.807) is 0 Å². The topological polar surface area (TPSA) is 69.4 Å².